The van der Waals surface area contributed by atoms with E-state index in [-0.39, 0.29) is 0 Å². The van der Waals surface area contributed by atoms with Crippen LogP contribution in [-0.2, 0) is 0 Å². The van der Waals surface area contributed by atoms with Gasteiger partial charge in [0.2, 0.25) is 0 Å². The van der Waals surface area contributed by atoms with Gasteiger partial charge in [0.05, 0.1) is 0 Å². The van der Waals surface area contributed by atoms with Crippen molar-refractivity contribution in [3.8, 4) is 0 Å². The van der Waals surface area contributed by atoms with Gasteiger partial charge in [-0.15, -0.1) is 0 Å². The van der Waals surface area contributed by atoms with E-state index in [1.165, 1.54) is 43.3 Å². The SMILES string of the molecule is C=CC=CC=C(C)C=C(C)CC1C=C(CC)CCC1. The smallest absolute Gasteiger partial charge is 0.0193 e. The van der Waals surface area contributed by atoms with Crippen molar-refractivity contribution in [3.05, 3.63) is 59.8 Å². The Morgan fingerprint density at radius 2 is 2.16 bits per heavy atom. The second kappa shape index (κ2) is 8.74. The average molecular weight is 256 g/mol. The molecule has 0 fully saturated rings. The number of hydrogen-bond acceptors (Lipinski definition) is 0. The van der Waals surface area contributed by atoms with Crippen LogP contribution in [0.15, 0.2) is 59.8 Å². The molecular formula is C19H28. The maximum atomic E-state index is 3.67. The van der Waals surface area contributed by atoms with E-state index in [9.17, 15) is 0 Å². The van der Waals surface area contributed by atoms with E-state index in [4.69, 9.17) is 0 Å². The Hall–Kier alpha value is -1.30. The van der Waals surface area contributed by atoms with Gasteiger partial charge in [-0.05, 0) is 51.9 Å². The maximum absolute atomic E-state index is 3.67. The third kappa shape index (κ3) is 6.42. The molecule has 0 radical (unpaired) electrons. The van der Waals surface area contributed by atoms with Crippen molar-refractivity contribution >= 4 is 0 Å². The number of allylic oxidation sites excluding steroid dienone is 9. The van der Waals surface area contributed by atoms with Crippen molar-refractivity contribution in [2.24, 2.45) is 5.92 Å². The van der Waals surface area contributed by atoms with E-state index in [0.29, 0.717) is 0 Å². The summed E-state index contributed by atoms with van der Waals surface area (Å²) in [6.45, 7) is 10.4. The molecule has 0 spiro atoms. The highest BCUT2D eigenvalue weighted by Gasteiger charge is 2.12. The topological polar surface area (TPSA) is 0 Å². The summed E-state index contributed by atoms with van der Waals surface area (Å²) in [5, 5.41) is 0. The lowest BCUT2D eigenvalue weighted by Crippen LogP contribution is -2.05. The van der Waals surface area contributed by atoms with E-state index in [0.717, 1.165) is 5.92 Å². The number of rotatable bonds is 6. The lowest BCUT2D eigenvalue weighted by molar-refractivity contribution is 0.518. The molecule has 19 heavy (non-hydrogen) atoms. The molecule has 0 saturated carbocycles. The summed E-state index contributed by atoms with van der Waals surface area (Å²) in [6.07, 6.45) is 19.3. The molecule has 0 heterocycles. The van der Waals surface area contributed by atoms with Gasteiger partial charge in [-0.3, -0.25) is 0 Å². The van der Waals surface area contributed by atoms with E-state index in [1.807, 2.05) is 12.2 Å². The molecule has 0 saturated heterocycles. The first-order valence-corrected chi connectivity index (χ1v) is 7.48. The first-order chi connectivity index (χ1) is 9.15. The van der Waals surface area contributed by atoms with Crippen LogP contribution in [0.3, 0.4) is 0 Å². The molecule has 1 aliphatic rings. The average Bonchev–Trinajstić information content (AvgIpc) is 2.39. The minimum atomic E-state index is 0.761. The fourth-order valence-electron chi connectivity index (χ4n) is 2.74. The highest BCUT2D eigenvalue weighted by Crippen LogP contribution is 2.29. The summed E-state index contributed by atoms with van der Waals surface area (Å²) in [6, 6.07) is 0. The molecule has 0 aromatic rings. The molecule has 0 N–H and O–H groups in total. The molecule has 0 aromatic carbocycles. The van der Waals surface area contributed by atoms with E-state index < -0.39 is 0 Å². The summed E-state index contributed by atoms with van der Waals surface area (Å²) < 4.78 is 0. The van der Waals surface area contributed by atoms with Crippen LogP contribution in [0, 0.1) is 5.92 Å². The molecule has 0 bridgehead atoms. The van der Waals surface area contributed by atoms with Gasteiger partial charge >= 0.3 is 0 Å². The van der Waals surface area contributed by atoms with E-state index in [2.05, 4.69) is 45.6 Å². The Bertz CT molecular complexity index is 402. The van der Waals surface area contributed by atoms with Crippen molar-refractivity contribution in [2.45, 2.75) is 52.9 Å². The maximum Gasteiger partial charge on any atom is -0.0193 e. The predicted octanol–water partition coefficient (Wildman–Crippen LogP) is 6.15. The second-order valence-corrected chi connectivity index (χ2v) is 5.56. The summed E-state index contributed by atoms with van der Waals surface area (Å²) in [7, 11) is 0. The monoisotopic (exact) mass is 256 g/mol. The summed E-state index contributed by atoms with van der Waals surface area (Å²) >= 11 is 0. The molecule has 1 unspecified atom stereocenters. The molecule has 0 aliphatic heterocycles. The van der Waals surface area contributed by atoms with Gasteiger partial charge in [-0.25, -0.2) is 0 Å². The first kappa shape index (κ1) is 15.8. The Morgan fingerprint density at radius 3 is 2.84 bits per heavy atom. The zero-order chi connectivity index (χ0) is 14.1. The molecular weight excluding hydrogens is 228 g/mol. The van der Waals surface area contributed by atoms with Crippen molar-refractivity contribution < 1.29 is 0 Å². The van der Waals surface area contributed by atoms with Crippen molar-refractivity contribution in [2.75, 3.05) is 0 Å². The van der Waals surface area contributed by atoms with Crippen LogP contribution in [0.2, 0.25) is 0 Å². The molecule has 1 rings (SSSR count). The normalized spacial score (nSPS) is 21.6. The van der Waals surface area contributed by atoms with Crippen molar-refractivity contribution in [3.63, 3.8) is 0 Å². The first-order valence-electron chi connectivity index (χ1n) is 7.48. The van der Waals surface area contributed by atoms with Crippen LogP contribution >= 0.6 is 0 Å². The summed E-state index contributed by atoms with van der Waals surface area (Å²) in [5.74, 6) is 0.761. The van der Waals surface area contributed by atoms with Crippen LogP contribution in [0.25, 0.3) is 0 Å². The van der Waals surface area contributed by atoms with E-state index in [1.54, 1.807) is 11.6 Å². The summed E-state index contributed by atoms with van der Waals surface area (Å²) in [4.78, 5) is 0. The molecule has 0 nitrogen and oxygen atoms in total. The molecule has 1 aliphatic carbocycles. The van der Waals surface area contributed by atoms with Gasteiger partial charge in [0.25, 0.3) is 0 Å². The van der Waals surface area contributed by atoms with E-state index >= 15 is 0 Å². The molecule has 0 amide bonds. The van der Waals surface area contributed by atoms with Gasteiger partial charge in [0.15, 0.2) is 0 Å². The van der Waals surface area contributed by atoms with Crippen LogP contribution in [0.4, 0.5) is 0 Å². The minimum Gasteiger partial charge on any atom is -0.0991 e. The van der Waals surface area contributed by atoms with Crippen LogP contribution in [-0.4, -0.2) is 0 Å². The standard InChI is InChI=1S/C19H28/c1-5-7-8-10-16(3)13-17(4)14-19-12-9-11-18(6-2)15-19/h5,7-8,10,13,15,19H,1,6,9,11-12,14H2,2-4H3. The fourth-order valence-corrected chi connectivity index (χ4v) is 2.74. The highest BCUT2D eigenvalue weighted by molar-refractivity contribution is 5.26. The third-order valence-electron chi connectivity index (χ3n) is 3.66. The second-order valence-electron chi connectivity index (χ2n) is 5.56. The number of hydrogen-bond donors (Lipinski definition) is 0. The quantitative estimate of drug-likeness (QED) is 0.395. The van der Waals surface area contributed by atoms with Crippen LogP contribution < -0.4 is 0 Å². The minimum absolute atomic E-state index is 0.761. The Balaban J connectivity index is 2.58. The Kier molecular flexibility index (Phi) is 7.25. The van der Waals surface area contributed by atoms with Gasteiger partial charge in [-0.1, -0.05) is 66.7 Å². The van der Waals surface area contributed by atoms with Gasteiger partial charge in [-0.2, -0.15) is 0 Å². The lowest BCUT2D eigenvalue weighted by atomic mass is 9.85. The van der Waals surface area contributed by atoms with Crippen molar-refractivity contribution in [1.82, 2.24) is 0 Å². The van der Waals surface area contributed by atoms with Gasteiger partial charge in [0, 0.05) is 0 Å². The lowest BCUT2D eigenvalue weighted by Gasteiger charge is -2.20. The molecule has 1 atom stereocenters. The zero-order valence-corrected chi connectivity index (χ0v) is 12.8. The molecule has 0 heteroatoms. The Labute approximate surface area is 119 Å². The fraction of sp³-hybridized carbons (Fsp3) is 0.474. The van der Waals surface area contributed by atoms with Crippen LogP contribution in [0.5, 0.6) is 0 Å². The largest absolute Gasteiger partial charge is 0.0991 e. The van der Waals surface area contributed by atoms with Gasteiger partial charge in [0.1, 0.15) is 0 Å². The molecule has 0 aromatic heterocycles. The van der Waals surface area contributed by atoms with Gasteiger partial charge < -0.3 is 0 Å². The third-order valence-corrected chi connectivity index (χ3v) is 3.66. The van der Waals surface area contributed by atoms with Crippen molar-refractivity contribution in [1.29, 1.82) is 0 Å². The van der Waals surface area contributed by atoms with Crippen LogP contribution in [0.1, 0.15) is 52.9 Å². The predicted molar refractivity (Wildman–Crippen MR) is 87.2 cm³/mol. The highest BCUT2D eigenvalue weighted by atomic mass is 14.2. The molecule has 104 valence electrons. The zero-order valence-electron chi connectivity index (χ0n) is 12.8. The Morgan fingerprint density at radius 1 is 1.37 bits per heavy atom. The summed E-state index contributed by atoms with van der Waals surface area (Å²) in [5.41, 5.74) is 4.45.